The molecular formula is C9H10NO3. The molecule has 0 saturated carbocycles. The van der Waals surface area contributed by atoms with Gasteiger partial charge in [-0.1, -0.05) is 0 Å². The molecule has 0 fully saturated rings. The molecule has 0 bridgehead atoms. The second-order valence-corrected chi connectivity index (χ2v) is 2.29. The summed E-state index contributed by atoms with van der Waals surface area (Å²) in [4.78, 5) is 10.1. The van der Waals surface area contributed by atoms with Crippen molar-refractivity contribution in [2.75, 3.05) is 19.5 Å². The van der Waals surface area contributed by atoms with E-state index in [0.29, 0.717) is 17.2 Å². The first-order valence-corrected chi connectivity index (χ1v) is 3.67. The fourth-order valence-electron chi connectivity index (χ4n) is 0.967. The summed E-state index contributed by atoms with van der Waals surface area (Å²) in [5, 5.41) is 2.39. The first-order chi connectivity index (χ1) is 6.31. The second-order valence-electron chi connectivity index (χ2n) is 2.29. The molecule has 0 aliphatic heterocycles. The van der Waals surface area contributed by atoms with Crippen molar-refractivity contribution in [3.63, 3.8) is 0 Å². The predicted octanol–water partition coefficient (Wildman–Crippen LogP) is 1.18. The molecule has 13 heavy (non-hydrogen) atoms. The highest BCUT2D eigenvalue weighted by atomic mass is 16.5. The Hall–Kier alpha value is -1.71. The van der Waals surface area contributed by atoms with Gasteiger partial charge in [-0.2, -0.15) is 0 Å². The van der Waals surface area contributed by atoms with E-state index in [2.05, 4.69) is 5.32 Å². The highest BCUT2D eigenvalue weighted by Gasteiger charge is 2.03. The minimum absolute atomic E-state index is 0.539. The number of carbonyl (C=O) groups excluding carboxylic acids is 1. The van der Waals surface area contributed by atoms with Crippen molar-refractivity contribution in [3.8, 4) is 11.5 Å². The SMILES string of the molecule is COc1ccc(OC)c(N[C]=O)c1. The van der Waals surface area contributed by atoms with Gasteiger partial charge < -0.3 is 14.8 Å². The van der Waals surface area contributed by atoms with Crippen LogP contribution in [-0.4, -0.2) is 20.6 Å². The Labute approximate surface area is 76.5 Å². The third-order valence-electron chi connectivity index (χ3n) is 1.59. The predicted molar refractivity (Wildman–Crippen MR) is 48.9 cm³/mol. The lowest BCUT2D eigenvalue weighted by Gasteiger charge is -2.07. The van der Waals surface area contributed by atoms with Crippen molar-refractivity contribution in [2.24, 2.45) is 0 Å². The van der Waals surface area contributed by atoms with Gasteiger partial charge in [0.05, 0.1) is 19.9 Å². The number of rotatable bonds is 4. The molecule has 1 rings (SSSR count). The maximum atomic E-state index is 10.1. The van der Waals surface area contributed by atoms with Crippen LogP contribution < -0.4 is 14.8 Å². The summed E-state index contributed by atoms with van der Waals surface area (Å²) in [6.45, 7) is 0. The highest BCUT2D eigenvalue weighted by Crippen LogP contribution is 2.28. The lowest BCUT2D eigenvalue weighted by atomic mass is 10.3. The Balaban J connectivity index is 3.01. The van der Waals surface area contributed by atoms with Crippen LogP contribution in [0.2, 0.25) is 0 Å². The number of benzene rings is 1. The molecule has 1 N–H and O–H groups in total. The molecule has 69 valence electrons. The van der Waals surface area contributed by atoms with Crippen molar-refractivity contribution in [1.82, 2.24) is 0 Å². The number of ether oxygens (including phenoxy) is 2. The van der Waals surface area contributed by atoms with Crippen LogP contribution in [0.15, 0.2) is 18.2 Å². The number of hydrogen-bond donors (Lipinski definition) is 1. The third kappa shape index (κ3) is 2.11. The Morgan fingerprint density at radius 3 is 2.62 bits per heavy atom. The van der Waals surface area contributed by atoms with Crippen LogP contribution in [0.3, 0.4) is 0 Å². The van der Waals surface area contributed by atoms with E-state index in [4.69, 9.17) is 9.47 Å². The normalized spacial score (nSPS) is 9.08. The first kappa shape index (κ1) is 9.38. The third-order valence-corrected chi connectivity index (χ3v) is 1.59. The molecule has 4 heteroatoms. The molecule has 1 aromatic carbocycles. The number of amides is 1. The summed E-state index contributed by atoms with van der Waals surface area (Å²) in [5.41, 5.74) is 0.539. The van der Waals surface area contributed by atoms with E-state index < -0.39 is 0 Å². The maximum Gasteiger partial charge on any atom is 0.314 e. The Morgan fingerprint density at radius 1 is 1.31 bits per heavy atom. The fraction of sp³-hybridized carbons (Fsp3) is 0.222. The smallest absolute Gasteiger partial charge is 0.314 e. The van der Waals surface area contributed by atoms with Crippen LogP contribution in [0.25, 0.3) is 0 Å². The first-order valence-electron chi connectivity index (χ1n) is 3.67. The molecule has 0 saturated heterocycles. The second kappa shape index (κ2) is 4.35. The van der Waals surface area contributed by atoms with Gasteiger partial charge in [-0.15, -0.1) is 0 Å². The number of anilines is 1. The van der Waals surface area contributed by atoms with Gasteiger partial charge in [-0.3, -0.25) is 4.79 Å². The zero-order chi connectivity index (χ0) is 9.68. The van der Waals surface area contributed by atoms with E-state index in [-0.39, 0.29) is 0 Å². The van der Waals surface area contributed by atoms with E-state index in [0.717, 1.165) is 0 Å². The zero-order valence-corrected chi connectivity index (χ0v) is 7.46. The molecule has 0 aliphatic carbocycles. The van der Waals surface area contributed by atoms with Crippen molar-refractivity contribution in [2.45, 2.75) is 0 Å². The molecular weight excluding hydrogens is 170 g/mol. The minimum atomic E-state index is 0.539. The van der Waals surface area contributed by atoms with Crippen LogP contribution in [0.4, 0.5) is 5.69 Å². The monoisotopic (exact) mass is 180 g/mol. The maximum absolute atomic E-state index is 10.1. The minimum Gasteiger partial charge on any atom is -0.497 e. The highest BCUT2D eigenvalue weighted by molar-refractivity contribution is 5.76. The van der Waals surface area contributed by atoms with Gasteiger partial charge in [0.2, 0.25) is 0 Å². The quantitative estimate of drug-likeness (QED) is 0.708. The summed E-state index contributed by atoms with van der Waals surface area (Å²) in [7, 11) is 3.08. The molecule has 0 aromatic heterocycles. The number of hydrogen-bond acceptors (Lipinski definition) is 3. The van der Waals surface area contributed by atoms with Gasteiger partial charge in [0, 0.05) is 6.07 Å². The molecule has 0 spiro atoms. The number of nitrogens with one attached hydrogen (secondary N) is 1. The summed E-state index contributed by atoms with van der Waals surface area (Å²) in [6, 6.07) is 5.11. The van der Waals surface area contributed by atoms with E-state index >= 15 is 0 Å². The Bertz CT molecular complexity index is 299. The van der Waals surface area contributed by atoms with Gasteiger partial charge >= 0.3 is 6.41 Å². The van der Waals surface area contributed by atoms with E-state index in [1.807, 2.05) is 0 Å². The van der Waals surface area contributed by atoms with Gasteiger partial charge in [0.15, 0.2) is 0 Å². The molecule has 0 aliphatic rings. The Morgan fingerprint density at radius 2 is 2.08 bits per heavy atom. The van der Waals surface area contributed by atoms with E-state index in [9.17, 15) is 4.79 Å². The molecule has 1 amide bonds. The van der Waals surface area contributed by atoms with Crippen LogP contribution in [0.5, 0.6) is 11.5 Å². The fourth-order valence-corrected chi connectivity index (χ4v) is 0.967. The van der Waals surface area contributed by atoms with E-state index in [1.54, 1.807) is 31.7 Å². The van der Waals surface area contributed by atoms with Crippen LogP contribution in [-0.2, 0) is 4.79 Å². The lowest BCUT2D eigenvalue weighted by molar-refractivity contribution is 0.405. The summed E-state index contributed by atoms with van der Waals surface area (Å²) < 4.78 is 9.98. The topological polar surface area (TPSA) is 47.6 Å². The van der Waals surface area contributed by atoms with Crippen molar-refractivity contribution >= 4 is 12.1 Å². The standard InChI is InChI=1S/C9H10NO3/c1-12-7-3-4-9(13-2)8(5-7)10-6-11/h3-5H,1-2H3,(H,10,11). The molecule has 1 radical (unpaired) electrons. The van der Waals surface area contributed by atoms with Gasteiger partial charge in [-0.25, -0.2) is 0 Å². The molecule has 0 heterocycles. The molecule has 1 aromatic rings. The lowest BCUT2D eigenvalue weighted by Crippen LogP contribution is -1.97. The van der Waals surface area contributed by atoms with Gasteiger partial charge in [-0.05, 0) is 12.1 Å². The van der Waals surface area contributed by atoms with Crippen LogP contribution in [0.1, 0.15) is 0 Å². The van der Waals surface area contributed by atoms with E-state index in [1.165, 1.54) is 7.11 Å². The van der Waals surface area contributed by atoms with Crippen molar-refractivity contribution in [1.29, 1.82) is 0 Å². The summed E-state index contributed by atoms with van der Waals surface area (Å²) >= 11 is 0. The summed E-state index contributed by atoms with van der Waals surface area (Å²) in [5.74, 6) is 1.22. The average Bonchev–Trinajstić information content (AvgIpc) is 2.18. The average molecular weight is 180 g/mol. The van der Waals surface area contributed by atoms with Crippen LogP contribution in [0, 0.1) is 0 Å². The Kier molecular flexibility index (Phi) is 3.14. The van der Waals surface area contributed by atoms with Gasteiger partial charge in [0.25, 0.3) is 0 Å². The van der Waals surface area contributed by atoms with Gasteiger partial charge in [0.1, 0.15) is 11.5 Å². The van der Waals surface area contributed by atoms with Crippen molar-refractivity contribution in [3.05, 3.63) is 18.2 Å². The number of methoxy groups -OCH3 is 2. The zero-order valence-electron chi connectivity index (χ0n) is 7.46. The molecule has 0 unspecified atom stereocenters. The largest absolute Gasteiger partial charge is 0.497 e. The molecule has 0 atom stereocenters. The summed E-state index contributed by atoms with van der Waals surface area (Å²) in [6.07, 6.45) is 1.57. The molecule has 4 nitrogen and oxygen atoms in total. The van der Waals surface area contributed by atoms with Crippen molar-refractivity contribution < 1.29 is 14.3 Å². The van der Waals surface area contributed by atoms with Crippen LogP contribution >= 0.6 is 0 Å².